The monoisotopic (exact) mass is 446 g/mol. The molecule has 7 heteroatoms. The van der Waals surface area contributed by atoms with Gasteiger partial charge in [-0.3, -0.25) is 9.59 Å². The van der Waals surface area contributed by atoms with E-state index in [9.17, 15) is 14.0 Å². The van der Waals surface area contributed by atoms with E-state index in [-0.39, 0.29) is 30.1 Å². The molecule has 1 heterocycles. The lowest BCUT2D eigenvalue weighted by atomic mass is 9.92. The van der Waals surface area contributed by atoms with E-state index >= 15 is 0 Å². The summed E-state index contributed by atoms with van der Waals surface area (Å²) in [6.07, 6.45) is 0.284. The molecule has 6 nitrogen and oxygen atoms in total. The molecule has 1 aliphatic heterocycles. The van der Waals surface area contributed by atoms with Gasteiger partial charge in [0.2, 0.25) is 11.8 Å². The molecular weight excluding hydrogens is 419 g/mol. The maximum absolute atomic E-state index is 13.3. The minimum Gasteiger partial charge on any atom is -0.398 e. The van der Waals surface area contributed by atoms with Gasteiger partial charge in [-0.05, 0) is 59.5 Å². The lowest BCUT2D eigenvalue weighted by Gasteiger charge is -2.31. The van der Waals surface area contributed by atoms with Gasteiger partial charge >= 0.3 is 0 Å². The van der Waals surface area contributed by atoms with Crippen LogP contribution in [0, 0.1) is 5.82 Å². The number of amides is 2. The summed E-state index contributed by atoms with van der Waals surface area (Å²) in [6.45, 7) is 2.34. The summed E-state index contributed by atoms with van der Waals surface area (Å²) in [5.41, 5.74) is 22.5. The van der Waals surface area contributed by atoms with Crippen molar-refractivity contribution in [3.05, 3.63) is 89.2 Å². The van der Waals surface area contributed by atoms with Crippen molar-refractivity contribution < 1.29 is 14.0 Å². The number of anilines is 1. The third-order valence-electron chi connectivity index (χ3n) is 6.46. The minimum atomic E-state index is -0.528. The second kappa shape index (κ2) is 9.03. The SMILES string of the molecule is CC(C(N)c1cc(-c2ccc(F)cc2)ccc1N)N1CC(c2ccccc2C(N)=O)CC1=O. The van der Waals surface area contributed by atoms with Crippen molar-refractivity contribution in [2.24, 2.45) is 11.5 Å². The predicted octanol–water partition coefficient (Wildman–Crippen LogP) is 3.58. The quantitative estimate of drug-likeness (QED) is 0.502. The Bertz CT molecular complexity index is 1200. The molecule has 1 aliphatic rings. The summed E-state index contributed by atoms with van der Waals surface area (Å²) in [4.78, 5) is 26.5. The molecule has 0 saturated carbocycles. The number of likely N-dealkylation sites (tertiary alicyclic amines) is 1. The van der Waals surface area contributed by atoms with Gasteiger partial charge in [0, 0.05) is 36.2 Å². The van der Waals surface area contributed by atoms with Crippen molar-refractivity contribution in [1.82, 2.24) is 4.90 Å². The molecule has 3 atom stereocenters. The number of hydrogen-bond acceptors (Lipinski definition) is 4. The average Bonchev–Trinajstić information content (AvgIpc) is 3.20. The number of primary amides is 1. The number of rotatable bonds is 6. The van der Waals surface area contributed by atoms with Crippen molar-refractivity contribution in [1.29, 1.82) is 0 Å². The van der Waals surface area contributed by atoms with E-state index in [0.717, 1.165) is 22.3 Å². The Balaban J connectivity index is 1.58. The number of nitrogens with two attached hydrogens (primary N) is 3. The Labute approximate surface area is 192 Å². The van der Waals surface area contributed by atoms with Crippen LogP contribution in [-0.2, 0) is 4.79 Å². The summed E-state index contributed by atoms with van der Waals surface area (Å²) in [6, 6.07) is 18.0. The van der Waals surface area contributed by atoms with Gasteiger partial charge in [-0.25, -0.2) is 4.39 Å². The normalized spacial score (nSPS) is 17.7. The number of hydrogen-bond donors (Lipinski definition) is 3. The summed E-state index contributed by atoms with van der Waals surface area (Å²) in [5, 5.41) is 0. The summed E-state index contributed by atoms with van der Waals surface area (Å²) < 4.78 is 13.3. The molecule has 6 N–H and O–H groups in total. The molecule has 0 radical (unpaired) electrons. The zero-order chi connectivity index (χ0) is 23.7. The third-order valence-corrected chi connectivity index (χ3v) is 6.46. The number of nitrogens with zero attached hydrogens (tertiary/aromatic N) is 1. The average molecular weight is 447 g/mol. The fourth-order valence-corrected chi connectivity index (χ4v) is 4.55. The highest BCUT2D eigenvalue weighted by molar-refractivity contribution is 5.95. The van der Waals surface area contributed by atoms with Crippen LogP contribution in [0.1, 0.15) is 46.8 Å². The van der Waals surface area contributed by atoms with E-state index in [1.54, 1.807) is 35.2 Å². The molecule has 0 spiro atoms. The van der Waals surface area contributed by atoms with Crippen molar-refractivity contribution in [3.8, 4) is 11.1 Å². The third kappa shape index (κ3) is 4.45. The van der Waals surface area contributed by atoms with Gasteiger partial charge in [0.15, 0.2) is 0 Å². The van der Waals surface area contributed by atoms with Crippen LogP contribution in [0.2, 0.25) is 0 Å². The molecule has 0 aliphatic carbocycles. The van der Waals surface area contributed by atoms with Gasteiger partial charge < -0.3 is 22.1 Å². The molecule has 0 bridgehead atoms. The maximum atomic E-state index is 13.3. The molecule has 4 rings (SSSR count). The van der Waals surface area contributed by atoms with Crippen LogP contribution in [0.3, 0.4) is 0 Å². The van der Waals surface area contributed by atoms with Crippen LogP contribution in [0.5, 0.6) is 0 Å². The van der Waals surface area contributed by atoms with Gasteiger partial charge in [-0.2, -0.15) is 0 Å². The molecule has 3 aromatic rings. The Morgan fingerprint density at radius 2 is 1.73 bits per heavy atom. The van der Waals surface area contributed by atoms with Crippen LogP contribution in [0.25, 0.3) is 11.1 Å². The highest BCUT2D eigenvalue weighted by Crippen LogP contribution is 2.35. The van der Waals surface area contributed by atoms with Crippen LogP contribution in [0.15, 0.2) is 66.7 Å². The van der Waals surface area contributed by atoms with E-state index in [1.165, 1.54) is 12.1 Å². The Kier molecular flexibility index (Phi) is 6.16. The largest absolute Gasteiger partial charge is 0.398 e. The lowest BCUT2D eigenvalue weighted by Crippen LogP contribution is -2.42. The summed E-state index contributed by atoms with van der Waals surface area (Å²) >= 11 is 0. The standard InChI is InChI=1S/C26H27FN4O2/c1-15(31-14-18(13-24(31)32)20-4-2-3-5-21(20)26(30)33)25(29)22-12-17(8-11-23(22)28)16-6-9-19(27)10-7-16/h2-12,15,18,25H,13-14,28-29H2,1H3,(H2,30,33). The summed E-state index contributed by atoms with van der Waals surface area (Å²) in [5.74, 6) is -0.986. The minimum absolute atomic E-state index is 0.0320. The second-order valence-corrected chi connectivity index (χ2v) is 8.52. The van der Waals surface area contributed by atoms with Gasteiger partial charge in [0.1, 0.15) is 5.82 Å². The fraction of sp³-hybridized carbons (Fsp3) is 0.231. The van der Waals surface area contributed by atoms with E-state index in [0.29, 0.717) is 17.8 Å². The Morgan fingerprint density at radius 3 is 2.42 bits per heavy atom. The Morgan fingerprint density at radius 1 is 1.06 bits per heavy atom. The fourth-order valence-electron chi connectivity index (χ4n) is 4.55. The van der Waals surface area contributed by atoms with E-state index in [2.05, 4.69) is 0 Å². The molecule has 3 unspecified atom stereocenters. The molecule has 3 aromatic carbocycles. The first kappa shape index (κ1) is 22.5. The van der Waals surface area contributed by atoms with Gasteiger partial charge in [0.05, 0.1) is 6.04 Å². The smallest absolute Gasteiger partial charge is 0.248 e. The van der Waals surface area contributed by atoms with Crippen LogP contribution in [-0.4, -0.2) is 29.3 Å². The second-order valence-electron chi connectivity index (χ2n) is 8.52. The van der Waals surface area contributed by atoms with Crippen molar-refractivity contribution >= 4 is 17.5 Å². The van der Waals surface area contributed by atoms with Gasteiger partial charge in [-0.1, -0.05) is 36.4 Å². The molecule has 1 fully saturated rings. The van der Waals surface area contributed by atoms with Gasteiger partial charge in [0.25, 0.3) is 0 Å². The first-order chi connectivity index (χ1) is 15.8. The zero-order valence-electron chi connectivity index (χ0n) is 18.4. The zero-order valence-corrected chi connectivity index (χ0v) is 18.4. The van der Waals surface area contributed by atoms with Crippen molar-refractivity contribution in [2.75, 3.05) is 12.3 Å². The highest BCUT2D eigenvalue weighted by atomic mass is 19.1. The molecule has 170 valence electrons. The lowest BCUT2D eigenvalue weighted by molar-refractivity contribution is -0.129. The number of halogens is 1. The van der Waals surface area contributed by atoms with Gasteiger partial charge in [-0.15, -0.1) is 0 Å². The highest BCUT2D eigenvalue weighted by Gasteiger charge is 2.37. The first-order valence-electron chi connectivity index (χ1n) is 10.9. The predicted molar refractivity (Wildman–Crippen MR) is 127 cm³/mol. The number of benzene rings is 3. The van der Waals surface area contributed by atoms with E-state index < -0.39 is 11.9 Å². The van der Waals surface area contributed by atoms with E-state index in [4.69, 9.17) is 17.2 Å². The number of carbonyl (C=O) groups is 2. The summed E-state index contributed by atoms with van der Waals surface area (Å²) in [7, 11) is 0. The maximum Gasteiger partial charge on any atom is 0.248 e. The van der Waals surface area contributed by atoms with E-state index in [1.807, 2.05) is 31.2 Å². The number of carbonyl (C=O) groups excluding carboxylic acids is 2. The van der Waals surface area contributed by atoms with Crippen LogP contribution in [0.4, 0.5) is 10.1 Å². The Hall–Kier alpha value is -3.71. The van der Waals surface area contributed by atoms with Crippen LogP contribution >= 0.6 is 0 Å². The molecule has 0 aromatic heterocycles. The van der Waals surface area contributed by atoms with Crippen molar-refractivity contribution in [3.63, 3.8) is 0 Å². The van der Waals surface area contributed by atoms with Crippen LogP contribution < -0.4 is 17.2 Å². The number of nitrogen functional groups attached to an aromatic ring is 1. The molecular formula is C26H27FN4O2. The topological polar surface area (TPSA) is 115 Å². The molecule has 2 amide bonds. The molecule has 1 saturated heterocycles. The first-order valence-corrected chi connectivity index (χ1v) is 10.9. The molecule has 33 heavy (non-hydrogen) atoms. The van der Waals surface area contributed by atoms with Crippen molar-refractivity contribution in [2.45, 2.75) is 31.3 Å².